The summed E-state index contributed by atoms with van der Waals surface area (Å²) in [4.78, 5) is 35.2. The fourth-order valence-electron chi connectivity index (χ4n) is 4.60. The first-order valence-corrected chi connectivity index (χ1v) is 13.2. The van der Waals surface area contributed by atoms with Crippen molar-refractivity contribution in [3.05, 3.63) is 57.9 Å². The van der Waals surface area contributed by atoms with Gasteiger partial charge in [0.25, 0.3) is 5.91 Å². The van der Waals surface area contributed by atoms with E-state index < -0.39 is 0 Å². The summed E-state index contributed by atoms with van der Waals surface area (Å²) >= 11 is 1.58. The van der Waals surface area contributed by atoms with Gasteiger partial charge in [-0.05, 0) is 56.6 Å². The zero-order valence-electron chi connectivity index (χ0n) is 19.9. The molecule has 0 radical (unpaired) electrons. The van der Waals surface area contributed by atoms with Crippen LogP contribution in [-0.4, -0.2) is 28.3 Å². The van der Waals surface area contributed by atoms with Crippen LogP contribution in [0.15, 0.2) is 30.5 Å². The largest absolute Gasteiger partial charge is 0.352 e. The standard InChI is InChI=1S/C27H32N4O2S/c1-3-4-13-28-26(33)23-20-14-19(11-12-22(20)34-27(23)31-25(32)18-9-10-18)24-29-15-21(30-24)17-7-5-16(2)6-8-17/h5-8,15,18-19H,3-4,9-14H2,1-2H3,(H,28,33)(H,29,30)(H,31,32). The number of rotatable bonds is 8. The number of carbonyl (C=O) groups is 2. The maximum absolute atomic E-state index is 13.2. The Balaban J connectivity index is 1.40. The van der Waals surface area contributed by atoms with Crippen molar-refractivity contribution in [3.8, 4) is 11.3 Å². The van der Waals surface area contributed by atoms with Crippen LogP contribution in [0.5, 0.6) is 0 Å². The predicted molar refractivity (Wildman–Crippen MR) is 136 cm³/mol. The summed E-state index contributed by atoms with van der Waals surface area (Å²) in [6, 6.07) is 8.43. The third kappa shape index (κ3) is 4.80. The van der Waals surface area contributed by atoms with Crippen molar-refractivity contribution in [2.45, 2.75) is 64.7 Å². The second kappa shape index (κ2) is 9.74. The van der Waals surface area contributed by atoms with Crippen LogP contribution < -0.4 is 10.6 Å². The number of benzene rings is 1. The molecule has 2 amide bonds. The quantitative estimate of drug-likeness (QED) is 0.370. The van der Waals surface area contributed by atoms with E-state index in [9.17, 15) is 9.59 Å². The first-order chi connectivity index (χ1) is 16.5. The first kappa shape index (κ1) is 22.8. The molecule has 2 aromatic heterocycles. The molecule has 0 bridgehead atoms. The molecule has 1 aromatic carbocycles. The SMILES string of the molecule is CCCCNC(=O)c1c(NC(=O)C2CC2)sc2c1CC(c1ncc(-c3ccc(C)cc3)[nH]1)CC2. The van der Waals surface area contributed by atoms with E-state index in [1.165, 1.54) is 10.4 Å². The van der Waals surface area contributed by atoms with Crippen molar-refractivity contribution in [1.29, 1.82) is 0 Å². The molecule has 1 fully saturated rings. The summed E-state index contributed by atoms with van der Waals surface area (Å²) in [5.41, 5.74) is 5.11. The van der Waals surface area contributed by atoms with Gasteiger partial charge >= 0.3 is 0 Å². The van der Waals surface area contributed by atoms with E-state index in [4.69, 9.17) is 4.98 Å². The molecule has 0 aliphatic heterocycles. The van der Waals surface area contributed by atoms with Gasteiger partial charge in [0.2, 0.25) is 5.91 Å². The lowest BCUT2D eigenvalue weighted by atomic mass is 9.85. The zero-order valence-corrected chi connectivity index (χ0v) is 20.7. The lowest BCUT2D eigenvalue weighted by Crippen LogP contribution is -2.27. The monoisotopic (exact) mass is 476 g/mol. The van der Waals surface area contributed by atoms with Crippen LogP contribution in [0.1, 0.15) is 77.1 Å². The van der Waals surface area contributed by atoms with Gasteiger partial charge in [0.15, 0.2) is 0 Å². The van der Waals surface area contributed by atoms with Gasteiger partial charge in [0.1, 0.15) is 10.8 Å². The molecule has 1 atom stereocenters. The number of carbonyl (C=O) groups excluding carboxylic acids is 2. The van der Waals surface area contributed by atoms with E-state index in [0.717, 1.165) is 72.6 Å². The van der Waals surface area contributed by atoms with Gasteiger partial charge in [-0.3, -0.25) is 9.59 Å². The van der Waals surface area contributed by atoms with Crippen molar-refractivity contribution in [1.82, 2.24) is 15.3 Å². The third-order valence-corrected chi connectivity index (χ3v) is 8.04. The lowest BCUT2D eigenvalue weighted by molar-refractivity contribution is -0.117. The molecule has 1 unspecified atom stereocenters. The molecule has 2 aliphatic carbocycles. The van der Waals surface area contributed by atoms with Crippen LogP contribution in [0.3, 0.4) is 0 Å². The van der Waals surface area contributed by atoms with Gasteiger partial charge < -0.3 is 15.6 Å². The van der Waals surface area contributed by atoms with Gasteiger partial charge in [-0.15, -0.1) is 11.3 Å². The third-order valence-electron chi connectivity index (χ3n) is 6.83. The number of hydrogen-bond donors (Lipinski definition) is 3. The highest BCUT2D eigenvalue weighted by atomic mass is 32.1. The van der Waals surface area contributed by atoms with Crippen LogP contribution >= 0.6 is 11.3 Å². The number of amides is 2. The number of thiophene rings is 1. The summed E-state index contributed by atoms with van der Waals surface area (Å²) < 4.78 is 0. The average molecular weight is 477 g/mol. The van der Waals surface area contributed by atoms with Crippen molar-refractivity contribution < 1.29 is 9.59 Å². The number of nitrogens with one attached hydrogen (secondary N) is 3. The van der Waals surface area contributed by atoms with Crippen molar-refractivity contribution >= 4 is 28.2 Å². The number of fused-ring (bicyclic) bond motifs is 1. The Morgan fingerprint density at radius 1 is 1.18 bits per heavy atom. The molecule has 5 rings (SSSR count). The molecule has 7 heteroatoms. The Hall–Kier alpha value is -2.93. The molecular weight excluding hydrogens is 444 g/mol. The molecule has 34 heavy (non-hydrogen) atoms. The second-order valence-electron chi connectivity index (χ2n) is 9.57. The summed E-state index contributed by atoms with van der Waals surface area (Å²) in [5.74, 6) is 1.26. The smallest absolute Gasteiger partial charge is 0.254 e. The van der Waals surface area contributed by atoms with Crippen LogP contribution in [0, 0.1) is 12.8 Å². The molecule has 0 spiro atoms. The van der Waals surface area contributed by atoms with Crippen molar-refractivity contribution in [2.24, 2.45) is 5.92 Å². The number of H-pyrrole nitrogens is 1. The van der Waals surface area contributed by atoms with Crippen LogP contribution in [0.2, 0.25) is 0 Å². The van der Waals surface area contributed by atoms with Gasteiger partial charge in [0.05, 0.1) is 17.5 Å². The molecule has 6 nitrogen and oxygen atoms in total. The van der Waals surface area contributed by atoms with E-state index in [0.29, 0.717) is 12.1 Å². The molecule has 3 aromatic rings. The Kier molecular flexibility index (Phi) is 6.55. The summed E-state index contributed by atoms with van der Waals surface area (Å²) in [6.45, 7) is 4.84. The highest BCUT2D eigenvalue weighted by Gasteiger charge is 2.34. The molecule has 178 valence electrons. The van der Waals surface area contributed by atoms with Gasteiger partial charge in [-0.1, -0.05) is 43.2 Å². The predicted octanol–water partition coefficient (Wildman–Crippen LogP) is 5.60. The minimum absolute atomic E-state index is 0.0477. The van der Waals surface area contributed by atoms with E-state index in [1.807, 2.05) is 6.20 Å². The van der Waals surface area contributed by atoms with Crippen LogP contribution in [-0.2, 0) is 17.6 Å². The lowest BCUT2D eigenvalue weighted by Gasteiger charge is -2.21. The molecule has 3 N–H and O–H groups in total. The van der Waals surface area contributed by atoms with E-state index in [1.54, 1.807) is 11.3 Å². The fraction of sp³-hybridized carbons (Fsp3) is 0.444. The zero-order chi connectivity index (χ0) is 23.7. The molecule has 2 aliphatic rings. The number of aromatic amines is 1. The number of imidazole rings is 1. The van der Waals surface area contributed by atoms with Crippen LogP contribution in [0.25, 0.3) is 11.3 Å². The Bertz CT molecular complexity index is 1190. The van der Waals surface area contributed by atoms with Gasteiger partial charge in [-0.25, -0.2) is 4.98 Å². The summed E-state index contributed by atoms with van der Waals surface area (Å²) in [6.07, 6.45) is 8.37. The maximum atomic E-state index is 13.2. The Labute approximate surface area is 204 Å². The highest BCUT2D eigenvalue weighted by Crippen LogP contribution is 2.43. The van der Waals surface area contributed by atoms with Crippen LogP contribution in [0.4, 0.5) is 5.00 Å². The van der Waals surface area contributed by atoms with E-state index in [2.05, 4.69) is 53.7 Å². The Morgan fingerprint density at radius 2 is 1.97 bits per heavy atom. The summed E-state index contributed by atoms with van der Waals surface area (Å²) in [7, 11) is 0. The Morgan fingerprint density at radius 3 is 2.71 bits per heavy atom. The average Bonchev–Trinajstić information content (AvgIpc) is 3.47. The minimum Gasteiger partial charge on any atom is -0.352 e. The van der Waals surface area contributed by atoms with Crippen molar-refractivity contribution in [3.63, 3.8) is 0 Å². The van der Waals surface area contributed by atoms with Gasteiger partial charge in [-0.2, -0.15) is 0 Å². The van der Waals surface area contributed by atoms with E-state index >= 15 is 0 Å². The highest BCUT2D eigenvalue weighted by molar-refractivity contribution is 7.17. The number of hydrogen-bond acceptors (Lipinski definition) is 4. The molecule has 2 heterocycles. The normalized spacial score (nSPS) is 17.3. The second-order valence-corrected chi connectivity index (χ2v) is 10.7. The molecule has 0 saturated heterocycles. The van der Waals surface area contributed by atoms with Gasteiger partial charge in [0, 0.05) is 23.3 Å². The number of anilines is 1. The number of aromatic nitrogens is 2. The molecular formula is C27H32N4O2S. The molecule has 1 saturated carbocycles. The number of unbranched alkanes of at least 4 members (excludes halogenated alkanes) is 1. The minimum atomic E-state index is -0.0718. The van der Waals surface area contributed by atoms with Crippen molar-refractivity contribution in [2.75, 3.05) is 11.9 Å². The number of nitrogens with zero attached hydrogens (tertiary/aromatic N) is 1. The maximum Gasteiger partial charge on any atom is 0.254 e. The topological polar surface area (TPSA) is 86.9 Å². The van der Waals surface area contributed by atoms with E-state index in [-0.39, 0.29) is 23.7 Å². The summed E-state index contributed by atoms with van der Waals surface area (Å²) in [5, 5.41) is 6.87. The first-order valence-electron chi connectivity index (χ1n) is 12.4. The number of aryl methyl sites for hydroxylation is 2. The fourth-order valence-corrected chi connectivity index (χ4v) is 5.84.